The van der Waals surface area contributed by atoms with Crippen LogP contribution in [-0.2, 0) is 6.18 Å². The maximum absolute atomic E-state index is 12.9. The molecule has 0 aliphatic rings. The summed E-state index contributed by atoms with van der Waals surface area (Å²) < 4.78 is 50.0. The van der Waals surface area contributed by atoms with Crippen molar-refractivity contribution in [2.75, 3.05) is 5.75 Å². The molecule has 0 saturated carbocycles. The monoisotopic (exact) mass is 321 g/mol. The zero-order valence-electron chi connectivity index (χ0n) is 9.78. The molecule has 0 atom stereocenters. The number of thiazole rings is 1. The van der Waals surface area contributed by atoms with E-state index in [2.05, 4.69) is 4.98 Å². The van der Waals surface area contributed by atoms with E-state index in [0.717, 1.165) is 18.0 Å². The average Bonchev–Trinajstić information content (AvgIpc) is 2.85. The zero-order chi connectivity index (χ0) is 14.8. The number of carbonyl (C=O) groups excluding carboxylic acids is 1. The van der Waals surface area contributed by atoms with Gasteiger partial charge in [-0.25, -0.2) is 9.37 Å². The molecule has 1 aromatic carbocycles. The van der Waals surface area contributed by atoms with Crippen LogP contribution in [0.1, 0.15) is 14.7 Å². The third kappa shape index (κ3) is 3.80. The van der Waals surface area contributed by atoms with E-state index >= 15 is 0 Å². The minimum Gasteiger partial charge on any atom is -0.292 e. The van der Waals surface area contributed by atoms with Gasteiger partial charge in [0.2, 0.25) is 0 Å². The predicted octanol–water partition coefficient (Wildman–Crippen LogP) is 4.28. The smallest absolute Gasteiger partial charge is 0.292 e. The topological polar surface area (TPSA) is 30.0 Å². The molecule has 0 radical (unpaired) electrons. The lowest BCUT2D eigenvalue weighted by Crippen LogP contribution is -2.03. The first kappa shape index (κ1) is 15.0. The number of hydrogen-bond donors (Lipinski definition) is 0. The molecular formula is C12H7F4NOS2. The van der Waals surface area contributed by atoms with Crippen molar-refractivity contribution in [3.05, 3.63) is 46.2 Å². The number of thioether (sulfide) groups is 1. The molecule has 0 aliphatic carbocycles. The van der Waals surface area contributed by atoms with Crippen LogP contribution >= 0.6 is 23.1 Å². The lowest BCUT2D eigenvalue weighted by atomic mass is 10.3. The first-order valence-electron chi connectivity index (χ1n) is 5.31. The number of rotatable bonds is 4. The van der Waals surface area contributed by atoms with E-state index in [4.69, 9.17) is 0 Å². The molecule has 0 spiro atoms. The van der Waals surface area contributed by atoms with Crippen LogP contribution in [-0.4, -0.2) is 16.5 Å². The molecule has 2 nitrogen and oxygen atoms in total. The zero-order valence-corrected chi connectivity index (χ0v) is 11.4. The van der Waals surface area contributed by atoms with Gasteiger partial charge in [-0.3, -0.25) is 4.79 Å². The van der Waals surface area contributed by atoms with Gasteiger partial charge in [0.1, 0.15) is 5.82 Å². The van der Waals surface area contributed by atoms with Crippen LogP contribution in [0.2, 0.25) is 0 Å². The van der Waals surface area contributed by atoms with Crippen LogP contribution in [0.25, 0.3) is 0 Å². The van der Waals surface area contributed by atoms with Crippen molar-refractivity contribution in [2.45, 2.75) is 11.1 Å². The summed E-state index contributed by atoms with van der Waals surface area (Å²) in [6.45, 7) is 0. The van der Waals surface area contributed by atoms with Crippen molar-refractivity contribution in [2.24, 2.45) is 0 Å². The Morgan fingerprint density at radius 1 is 1.35 bits per heavy atom. The quantitative estimate of drug-likeness (QED) is 0.478. The second-order valence-electron chi connectivity index (χ2n) is 3.70. The number of Topliss-reactive ketones (excluding diaryl/α,β-unsaturated/α-hetero) is 1. The second-order valence-corrected chi connectivity index (χ2v) is 5.78. The first-order valence-corrected chi connectivity index (χ1v) is 7.11. The lowest BCUT2D eigenvalue weighted by Gasteiger charge is -2.00. The highest BCUT2D eigenvalue weighted by atomic mass is 32.2. The third-order valence-electron chi connectivity index (χ3n) is 2.19. The number of hydrogen-bond acceptors (Lipinski definition) is 4. The fraction of sp³-hybridized carbons (Fsp3) is 0.167. The Labute approximate surface area is 119 Å². The van der Waals surface area contributed by atoms with E-state index in [9.17, 15) is 22.4 Å². The molecule has 2 rings (SSSR count). The van der Waals surface area contributed by atoms with Gasteiger partial charge >= 0.3 is 6.18 Å². The first-order chi connectivity index (χ1) is 9.36. The van der Waals surface area contributed by atoms with Gasteiger partial charge in [0.15, 0.2) is 10.8 Å². The summed E-state index contributed by atoms with van der Waals surface area (Å²) >= 11 is 1.38. The van der Waals surface area contributed by atoms with E-state index in [-0.39, 0.29) is 10.6 Å². The van der Waals surface area contributed by atoms with Crippen molar-refractivity contribution in [3.63, 3.8) is 0 Å². The maximum Gasteiger partial charge on any atom is 0.443 e. The number of halogens is 4. The number of carbonyl (C=O) groups is 1. The number of nitrogens with zero attached hydrogens (tertiary/aromatic N) is 1. The fourth-order valence-corrected chi connectivity index (χ4v) is 2.95. The van der Waals surface area contributed by atoms with Crippen LogP contribution < -0.4 is 0 Å². The molecule has 2 aromatic rings. The van der Waals surface area contributed by atoms with Crippen molar-refractivity contribution < 1.29 is 22.4 Å². The molecule has 0 saturated heterocycles. The molecule has 0 aliphatic heterocycles. The highest BCUT2D eigenvalue weighted by molar-refractivity contribution is 8.00. The minimum absolute atomic E-state index is 0.0544. The highest BCUT2D eigenvalue weighted by Crippen LogP contribution is 2.33. The Bertz CT molecular complexity index is 624. The van der Waals surface area contributed by atoms with Crippen molar-refractivity contribution >= 4 is 28.9 Å². The molecular weight excluding hydrogens is 314 g/mol. The molecule has 106 valence electrons. The van der Waals surface area contributed by atoms with Crippen LogP contribution in [0, 0.1) is 5.82 Å². The van der Waals surface area contributed by atoms with Crippen molar-refractivity contribution in [1.82, 2.24) is 4.98 Å². The molecule has 0 unspecified atom stereocenters. The van der Waals surface area contributed by atoms with Gasteiger partial charge in [-0.15, -0.1) is 23.1 Å². The molecule has 1 heterocycles. The van der Waals surface area contributed by atoms with Crippen LogP contribution in [0.5, 0.6) is 0 Å². The summed E-state index contributed by atoms with van der Waals surface area (Å²) in [5.74, 6) is -0.963. The number of benzene rings is 1. The normalized spacial score (nSPS) is 11.6. The summed E-state index contributed by atoms with van der Waals surface area (Å²) in [4.78, 5) is 15.4. The predicted molar refractivity (Wildman–Crippen MR) is 68.6 cm³/mol. The largest absolute Gasteiger partial charge is 0.443 e. The Balaban J connectivity index is 2.00. The van der Waals surface area contributed by atoms with E-state index < -0.39 is 22.8 Å². The van der Waals surface area contributed by atoms with Gasteiger partial charge < -0.3 is 0 Å². The number of alkyl halides is 3. The molecule has 1 aromatic heterocycles. The average molecular weight is 321 g/mol. The summed E-state index contributed by atoms with van der Waals surface area (Å²) in [6.07, 6.45) is -3.62. The fourth-order valence-electron chi connectivity index (χ4n) is 1.31. The summed E-state index contributed by atoms with van der Waals surface area (Å²) in [5.41, 5.74) is 0. The molecule has 0 bridgehead atoms. The Hall–Kier alpha value is -1.41. The van der Waals surface area contributed by atoms with E-state index in [0.29, 0.717) is 16.2 Å². The van der Waals surface area contributed by atoms with Gasteiger partial charge in [-0.2, -0.15) is 13.2 Å². The molecule has 0 amide bonds. The second kappa shape index (κ2) is 5.92. The van der Waals surface area contributed by atoms with Gasteiger partial charge in [-0.1, -0.05) is 6.07 Å². The SMILES string of the molecule is O=C(CSc1cccc(F)c1)c1cnc(C(F)(F)F)s1. The molecule has 0 fully saturated rings. The minimum atomic E-state index is -4.54. The van der Waals surface area contributed by atoms with Gasteiger partial charge in [-0.05, 0) is 18.2 Å². The van der Waals surface area contributed by atoms with Crippen LogP contribution in [0.4, 0.5) is 17.6 Å². The molecule has 20 heavy (non-hydrogen) atoms. The molecule has 0 N–H and O–H groups in total. The van der Waals surface area contributed by atoms with Crippen molar-refractivity contribution in [3.8, 4) is 0 Å². The standard InChI is InChI=1S/C12H7F4NOS2/c13-7-2-1-3-8(4-7)19-6-9(18)10-5-17-11(20-10)12(14,15)16/h1-5H,6H2. The summed E-state index contributed by atoms with van der Waals surface area (Å²) in [5, 5.41) is -1.04. The van der Waals surface area contributed by atoms with Gasteiger partial charge in [0, 0.05) is 11.1 Å². The number of aromatic nitrogens is 1. The van der Waals surface area contributed by atoms with Crippen LogP contribution in [0.15, 0.2) is 35.4 Å². The van der Waals surface area contributed by atoms with E-state index in [1.807, 2.05) is 0 Å². The Kier molecular flexibility index (Phi) is 4.44. The van der Waals surface area contributed by atoms with Crippen LogP contribution in [0.3, 0.4) is 0 Å². The molecule has 8 heteroatoms. The van der Waals surface area contributed by atoms with E-state index in [1.165, 1.54) is 18.2 Å². The number of ketones is 1. The van der Waals surface area contributed by atoms with Gasteiger partial charge in [0.25, 0.3) is 0 Å². The third-order valence-corrected chi connectivity index (χ3v) is 4.27. The maximum atomic E-state index is 12.9. The summed E-state index contributed by atoms with van der Waals surface area (Å²) in [7, 11) is 0. The highest BCUT2D eigenvalue weighted by Gasteiger charge is 2.35. The van der Waals surface area contributed by atoms with E-state index in [1.54, 1.807) is 6.07 Å². The summed E-state index contributed by atoms with van der Waals surface area (Å²) in [6, 6.07) is 5.64. The lowest BCUT2D eigenvalue weighted by molar-refractivity contribution is -0.137. The Morgan fingerprint density at radius 3 is 2.70 bits per heavy atom. The van der Waals surface area contributed by atoms with Crippen molar-refractivity contribution in [1.29, 1.82) is 0 Å². The van der Waals surface area contributed by atoms with Gasteiger partial charge in [0.05, 0.1) is 10.6 Å². The Morgan fingerprint density at radius 2 is 2.10 bits per heavy atom.